The molecular weight excluding hydrogens is 338 g/mol. The number of guanidine groups is 1. The molecule has 0 amide bonds. The molecule has 3 N–H and O–H groups in total. The fourth-order valence-corrected chi connectivity index (χ4v) is 4.90. The van der Waals surface area contributed by atoms with Crippen molar-refractivity contribution in [1.82, 2.24) is 20.3 Å². The Bertz CT molecular complexity index is 555. The number of nitrogens with zero attached hydrogens (tertiary/aromatic N) is 2. The Kier molecular flexibility index (Phi) is 7.10. The van der Waals surface area contributed by atoms with E-state index in [1.54, 1.807) is 0 Å². The number of hydrogen-bond donors (Lipinski definition) is 3. The molecule has 1 heterocycles. The summed E-state index contributed by atoms with van der Waals surface area (Å²) in [5, 5.41) is 6.80. The zero-order valence-electron chi connectivity index (χ0n) is 16.1. The van der Waals surface area contributed by atoms with Crippen molar-refractivity contribution in [2.45, 2.75) is 70.5 Å². The van der Waals surface area contributed by atoms with E-state index in [-0.39, 0.29) is 0 Å². The van der Waals surface area contributed by atoms with Gasteiger partial charge in [0.2, 0.25) is 10.0 Å². The number of rotatable bonds is 7. The van der Waals surface area contributed by atoms with Crippen LogP contribution < -0.4 is 15.4 Å². The Hall–Kier alpha value is -0.860. The summed E-state index contributed by atoms with van der Waals surface area (Å²) in [6, 6.07) is 1.17. The van der Waals surface area contributed by atoms with Gasteiger partial charge in [-0.3, -0.25) is 9.89 Å². The van der Waals surface area contributed by atoms with Crippen LogP contribution in [0, 0.1) is 0 Å². The van der Waals surface area contributed by atoms with E-state index in [2.05, 4.69) is 25.2 Å². The van der Waals surface area contributed by atoms with Gasteiger partial charge in [0.1, 0.15) is 0 Å². The van der Waals surface area contributed by atoms with E-state index in [9.17, 15) is 8.42 Å². The lowest BCUT2D eigenvalue weighted by molar-refractivity contribution is 0.242. The smallest absolute Gasteiger partial charge is 0.209 e. The van der Waals surface area contributed by atoms with Crippen molar-refractivity contribution in [1.29, 1.82) is 0 Å². The third kappa shape index (κ3) is 7.11. The van der Waals surface area contributed by atoms with Gasteiger partial charge >= 0.3 is 0 Å². The van der Waals surface area contributed by atoms with Gasteiger partial charge < -0.3 is 10.6 Å². The molecule has 1 saturated heterocycles. The largest absolute Gasteiger partial charge is 0.357 e. The van der Waals surface area contributed by atoms with Gasteiger partial charge in [-0.1, -0.05) is 12.8 Å². The predicted octanol–water partition coefficient (Wildman–Crippen LogP) is 0.886. The summed E-state index contributed by atoms with van der Waals surface area (Å²) in [6.45, 7) is 9.12. The van der Waals surface area contributed by atoms with Crippen molar-refractivity contribution in [2.75, 3.05) is 32.4 Å². The molecule has 0 aromatic carbocycles. The molecule has 8 heteroatoms. The fraction of sp³-hybridized carbons (Fsp3) is 0.941. The lowest BCUT2D eigenvalue weighted by Crippen LogP contribution is -2.48. The SMILES string of the molecule is CCNC(=NCC(C)(C)NS(C)(=O)=O)NC1CCN(C2CCCC2)C1. The number of hydrogen-bond acceptors (Lipinski definition) is 4. The Labute approximate surface area is 153 Å². The van der Waals surface area contributed by atoms with Gasteiger partial charge in [-0.25, -0.2) is 13.1 Å². The second-order valence-electron chi connectivity index (χ2n) is 8.02. The average Bonchev–Trinajstić information content (AvgIpc) is 3.13. The summed E-state index contributed by atoms with van der Waals surface area (Å²) in [5.74, 6) is 0.768. The third-order valence-corrected chi connectivity index (χ3v) is 5.76. The molecule has 1 aliphatic heterocycles. The molecular formula is C17H35N5O2S. The van der Waals surface area contributed by atoms with Gasteiger partial charge in [0, 0.05) is 37.3 Å². The van der Waals surface area contributed by atoms with Crippen LogP contribution in [-0.4, -0.2) is 69.3 Å². The van der Waals surface area contributed by atoms with Crippen LogP contribution in [0.15, 0.2) is 4.99 Å². The van der Waals surface area contributed by atoms with Crippen LogP contribution >= 0.6 is 0 Å². The summed E-state index contributed by atoms with van der Waals surface area (Å²) >= 11 is 0. The molecule has 0 radical (unpaired) electrons. The average molecular weight is 374 g/mol. The minimum Gasteiger partial charge on any atom is -0.357 e. The quantitative estimate of drug-likeness (QED) is 0.456. The maximum Gasteiger partial charge on any atom is 0.209 e. The number of aliphatic imine (C=N–C) groups is 1. The van der Waals surface area contributed by atoms with Crippen LogP contribution in [0.2, 0.25) is 0 Å². The number of nitrogens with one attached hydrogen (secondary N) is 3. The summed E-state index contributed by atoms with van der Waals surface area (Å²) < 4.78 is 25.6. The minimum atomic E-state index is -3.25. The van der Waals surface area contributed by atoms with Gasteiger partial charge in [-0.15, -0.1) is 0 Å². The molecule has 1 unspecified atom stereocenters. The van der Waals surface area contributed by atoms with Gasteiger partial charge in [-0.05, 0) is 40.0 Å². The first kappa shape index (κ1) is 20.5. The Balaban J connectivity index is 1.89. The van der Waals surface area contributed by atoms with E-state index >= 15 is 0 Å². The Morgan fingerprint density at radius 1 is 1.24 bits per heavy atom. The highest BCUT2D eigenvalue weighted by atomic mass is 32.2. The van der Waals surface area contributed by atoms with Crippen LogP contribution in [0.25, 0.3) is 0 Å². The van der Waals surface area contributed by atoms with E-state index in [0.29, 0.717) is 12.6 Å². The predicted molar refractivity (Wildman–Crippen MR) is 103 cm³/mol. The highest BCUT2D eigenvalue weighted by Gasteiger charge is 2.30. The molecule has 146 valence electrons. The maximum atomic E-state index is 11.5. The van der Waals surface area contributed by atoms with Crippen LogP contribution in [0.3, 0.4) is 0 Å². The third-order valence-electron chi connectivity index (χ3n) is 4.84. The highest BCUT2D eigenvalue weighted by Crippen LogP contribution is 2.26. The van der Waals surface area contributed by atoms with E-state index < -0.39 is 15.6 Å². The monoisotopic (exact) mass is 373 g/mol. The Morgan fingerprint density at radius 2 is 1.92 bits per heavy atom. The molecule has 7 nitrogen and oxygen atoms in total. The van der Waals surface area contributed by atoms with Crippen molar-refractivity contribution >= 4 is 16.0 Å². The molecule has 2 rings (SSSR count). The summed E-state index contributed by atoms with van der Waals surface area (Å²) in [7, 11) is -3.25. The molecule has 0 aromatic heterocycles. The lowest BCUT2D eigenvalue weighted by Gasteiger charge is -2.25. The van der Waals surface area contributed by atoms with Crippen molar-refractivity contribution < 1.29 is 8.42 Å². The van der Waals surface area contributed by atoms with E-state index in [4.69, 9.17) is 0 Å². The van der Waals surface area contributed by atoms with Crippen molar-refractivity contribution in [2.24, 2.45) is 4.99 Å². The molecule has 0 aromatic rings. The maximum absolute atomic E-state index is 11.5. The molecule has 1 atom stereocenters. The second kappa shape index (κ2) is 8.68. The first-order valence-electron chi connectivity index (χ1n) is 9.46. The highest BCUT2D eigenvalue weighted by molar-refractivity contribution is 7.88. The molecule has 1 saturated carbocycles. The van der Waals surface area contributed by atoms with Gasteiger partial charge in [-0.2, -0.15) is 0 Å². The zero-order valence-corrected chi connectivity index (χ0v) is 17.0. The first-order valence-corrected chi connectivity index (χ1v) is 11.4. The normalized spacial score (nSPS) is 24.0. The molecule has 1 aliphatic carbocycles. The Morgan fingerprint density at radius 3 is 2.52 bits per heavy atom. The van der Waals surface area contributed by atoms with Gasteiger partial charge in [0.05, 0.1) is 12.8 Å². The molecule has 2 fully saturated rings. The minimum absolute atomic E-state index is 0.383. The van der Waals surface area contributed by atoms with E-state index in [1.807, 2.05) is 20.8 Å². The van der Waals surface area contributed by atoms with E-state index in [0.717, 1.165) is 38.1 Å². The molecule has 25 heavy (non-hydrogen) atoms. The van der Waals surface area contributed by atoms with Crippen LogP contribution in [0.4, 0.5) is 0 Å². The topological polar surface area (TPSA) is 85.8 Å². The van der Waals surface area contributed by atoms with E-state index in [1.165, 1.54) is 31.9 Å². The standard InChI is InChI=1S/C17H35N5O2S/c1-5-18-16(19-13-17(2,3)21-25(4,23)24)20-14-10-11-22(12-14)15-8-6-7-9-15/h14-15,21H,5-13H2,1-4H3,(H2,18,19,20). The van der Waals surface area contributed by atoms with Crippen molar-refractivity contribution in [3.8, 4) is 0 Å². The summed E-state index contributed by atoms with van der Waals surface area (Å²) in [6.07, 6.45) is 7.72. The summed E-state index contributed by atoms with van der Waals surface area (Å²) in [5.41, 5.74) is -0.610. The van der Waals surface area contributed by atoms with Crippen LogP contribution in [0.1, 0.15) is 52.9 Å². The van der Waals surface area contributed by atoms with Gasteiger partial charge in [0.15, 0.2) is 5.96 Å². The fourth-order valence-electron chi connectivity index (χ4n) is 3.83. The second-order valence-corrected chi connectivity index (χ2v) is 9.76. The molecule has 2 aliphatic rings. The van der Waals surface area contributed by atoms with Gasteiger partial charge in [0.25, 0.3) is 0 Å². The lowest BCUT2D eigenvalue weighted by atomic mass is 10.1. The summed E-state index contributed by atoms with van der Waals surface area (Å²) in [4.78, 5) is 7.22. The zero-order chi connectivity index (χ0) is 18.5. The van der Waals surface area contributed by atoms with Crippen LogP contribution in [-0.2, 0) is 10.0 Å². The molecule has 0 spiro atoms. The van der Waals surface area contributed by atoms with Crippen molar-refractivity contribution in [3.63, 3.8) is 0 Å². The van der Waals surface area contributed by atoms with Crippen LogP contribution in [0.5, 0.6) is 0 Å². The number of likely N-dealkylation sites (tertiary alicyclic amines) is 1. The molecule has 0 bridgehead atoms. The van der Waals surface area contributed by atoms with Crippen molar-refractivity contribution in [3.05, 3.63) is 0 Å². The number of sulfonamides is 1. The first-order chi connectivity index (χ1) is 11.7.